The van der Waals surface area contributed by atoms with Crippen LogP contribution < -0.4 is 10.6 Å². The molecule has 5 heteroatoms. The SMILES string of the molecule is O=C(CC1CC2CCC(C1)N2)Nc1ncc(Cc2ccccc2)s1. The molecule has 1 amide bonds. The summed E-state index contributed by atoms with van der Waals surface area (Å²) >= 11 is 1.58. The van der Waals surface area contributed by atoms with E-state index in [4.69, 9.17) is 0 Å². The van der Waals surface area contributed by atoms with Crippen molar-refractivity contribution >= 4 is 22.4 Å². The van der Waals surface area contributed by atoms with Crippen LogP contribution in [-0.4, -0.2) is 23.0 Å². The number of rotatable bonds is 5. The fourth-order valence-electron chi connectivity index (χ4n) is 4.02. The number of amides is 1. The van der Waals surface area contributed by atoms with Crippen LogP contribution in [0, 0.1) is 5.92 Å². The summed E-state index contributed by atoms with van der Waals surface area (Å²) in [4.78, 5) is 17.9. The monoisotopic (exact) mass is 341 g/mol. The molecule has 1 aromatic carbocycles. The van der Waals surface area contributed by atoms with Gasteiger partial charge in [-0.1, -0.05) is 30.3 Å². The molecule has 2 fully saturated rings. The van der Waals surface area contributed by atoms with Crippen LogP contribution >= 0.6 is 11.3 Å². The highest BCUT2D eigenvalue weighted by Gasteiger charge is 2.34. The molecule has 0 radical (unpaired) electrons. The molecule has 24 heavy (non-hydrogen) atoms. The molecule has 2 aliphatic heterocycles. The van der Waals surface area contributed by atoms with Gasteiger partial charge in [0, 0.05) is 36.0 Å². The molecule has 4 nitrogen and oxygen atoms in total. The minimum absolute atomic E-state index is 0.113. The van der Waals surface area contributed by atoms with Crippen LogP contribution in [0.5, 0.6) is 0 Å². The summed E-state index contributed by atoms with van der Waals surface area (Å²) in [7, 11) is 0. The lowest BCUT2D eigenvalue weighted by atomic mass is 9.89. The minimum Gasteiger partial charge on any atom is -0.311 e. The Balaban J connectivity index is 1.30. The molecule has 4 rings (SSSR count). The molecule has 2 atom stereocenters. The molecular weight excluding hydrogens is 318 g/mol. The summed E-state index contributed by atoms with van der Waals surface area (Å²) in [5.74, 6) is 0.634. The fraction of sp³-hybridized carbons (Fsp3) is 0.474. The van der Waals surface area contributed by atoms with E-state index in [1.165, 1.54) is 23.3 Å². The van der Waals surface area contributed by atoms with Crippen molar-refractivity contribution in [2.45, 2.75) is 50.6 Å². The van der Waals surface area contributed by atoms with E-state index in [0.29, 0.717) is 24.4 Å². The van der Waals surface area contributed by atoms with E-state index >= 15 is 0 Å². The number of carbonyl (C=O) groups excluding carboxylic acids is 1. The molecule has 1 aromatic heterocycles. The topological polar surface area (TPSA) is 54.0 Å². The van der Waals surface area contributed by atoms with Crippen LogP contribution in [0.3, 0.4) is 0 Å². The highest BCUT2D eigenvalue weighted by molar-refractivity contribution is 7.15. The van der Waals surface area contributed by atoms with Gasteiger partial charge in [-0.15, -0.1) is 11.3 Å². The number of piperidine rings is 1. The molecule has 0 aliphatic carbocycles. The van der Waals surface area contributed by atoms with Gasteiger partial charge in [-0.05, 0) is 37.2 Å². The zero-order valence-corrected chi connectivity index (χ0v) is 14.5. The smallest absolute Gasteiger partial charge is 0.226 e. The molecule has 2 aromatic rings. The Morgan fingerprint density at radius 3 is 2.71 bits per heavy atom. The number of hydrogen-bond donors (Lipinski definition) is 2. The lowest BCUT2D eigenvalue weighted by molar-refractivity contribution is -0.117. The maximum absolute atomic E-state index is 12.3. The fourth-order valence-corrected chi connectivity index (χ4v) is 4.88. The Morgan fingerprint density at radius 1 is 1.21 bits per heavy atom. The molecule has 0 spiro atoms. The molecule has 0 saturated carbocycles. The first-order chi connectivity index (χ1) is 11.7. The second-order valence-corrected chi connectivity index (χ2v) is 8.14. The summed E-state index contributed by atoms with van der Waals surface area (Å²) in [6.07, 6.45) is 8.20. The average molecular weight is 341 g/mol. The van der Waals surface area contributed by atoms with E-state index in [1.54, 1.807) is 11.3 Å². The van der Waals surface area contributed by atoms with Crippen molar-refractivity contribution in [2.75, 3.05) is 5.32 Å². The van der Waals surface area contributed by atoms with Crippen LogP contribution in [0.2, 0.25) is 0 Å². The average Bonchev–Trinajstić information content (AvgIpc) is 3.14. The molecule has 126 valence electrons. The second-order valence-electron chi connectivity index (χ2n) is 7.02. The highest BCUT2D eigenvalue weighted by Crippen LogP contribution is 2.33. The van der Waals surface area contributed by atoms with Crippen molar-refractivity contribution in [3.8, 4) is 0 Å². The van der Waals surface area contributed by atoms with Crippen molar-refractivity contribution < 1.29 is 4.79 Å². The number of anilines is 1. The van der Waals surface area contributed by atoms with E-state index in [1.807, 2.05) is 24.4 Å². The number of fused-ring (bicyclic) bond motifs is 2. The van der Waals surface area contributed by atoms with Crippen LogP contribution in [0.1, 0.15) is 42.5 Å². The first kappa shape index (κ1) is 15.8. The molecule has 2 unspecified atom stereocenters. The number of benzene rings is 1. The standard InChI is InChI=1S/C19H23N3OS/c23-18(11-14-8-15-6-7-16(9-14)21-15)22-19-20-12-17(24-19)10-13-4-2-1-3-5-13/h1-5,12,14-16,21H,6-11H2,(H,20,22,23). The van der Waals surface area contributed by atoms with Gasteiger partial charge in [0.05, 0.1) is 0 Å². The van der Waals surface area contributed by atoms with Gasteiger partial charge >= 0.3 is 0 Å². The van der Waals surface area contributed by atoms with Gasteiger partial charge in [-0.3, -0.25) is 4.79 Å². The Morgan fingerprint density at radius 2 is 1.96 bits per heavy atom. The van der Waals surface area contributed by atoms with Gasteiger partial charge in [0.1, 0.15) is 0 Å². The number of nitrogens with one attached hydrogen (secondary N) is 2. The summed E-state index contributed by atoms with van der Waals surface area (Å²) in [6, 6.07) is 11.6. The van der Waals surface area contributed by atoms with Crippen molar-refractivity contribution in [2.24, 2.45) is 5.92 Å². The first-order valence-electron chi connectivity index (χ1n) is 8.79. The lowest BCUT2D eigenvalue weighted by Gasteiger charge is -2.28. The Bertz CT molecular complexity index is 688. The van der Waals surface area contributed by atoms with Gasteiger partial charge < -0.3 is 10.6 Å². The van der Waals surface area contributed by atoms with E-state index in [2.05, 4.69) is 27.8 Å². The van der Waals surface area contributed by atoms with E-state index in [-0.39, 0.29) is 5.91 Å². The number of aromatic nitrogens is 1. The summed E-state index contributed by atoms with van der Waals surface area (Å²) in [6.45, 7) is 0. The zero-order valence-electron chi connectivity index (χ0n) is 13.7. The number of nitrogens with zero attached hydrogens (tertiary/aromatic N) is 1. The molecule has 2 N–H and O–H groups in total. The van der Waals surface area contributed by atoms with Crippen LogP contribution in [0.25, 0.3) is 0 Å². The predicted octanol–water partition coefficient (Wildman–Crippen LogP) is 3.59. The van der Waals surface area contributed by atoms with Crippen LogP contribution in [-0.2, 0) is 11.2 Å². The molecular formula is C19H23N3OS. The largest absolute Gasteiger partial charge is 0.311 e. The normalized spacial score (nSPS) is 25.6. The number of hydrogen-bond acceptors (Lipinski definition) is 4. The van der Waals surface area contributed by atoms with E-state index in [9.17, 15) is 4.79 Å². The zero-order chi connectivity index (χ0) is 16.4. The maximum Gasteiger partial charge on any atom is 0.226 e. The first-order valence-corrected chi connectivity index (χ1v) is 9.61. The van der Waals surface area contributed by atoms with Crippen molar-refractivity contribution in [1.29, 1.82) is 0 Å². The van der Waals surface area contributed by atoms with Gasteiger partial charge in [0.15, 0.2) is 5.13 Å². The van der Waals surface area contributed by atoms with Crippen molar-refractivity contribution in [3.05, 3.63) is 47.0 Å². The van der Waals surface area contributed by atoms with E-state index < -0.39 is 0 Å². The number of carbonyl (C=O) groups is 1. The predicted molar refractivity (Wildman–Crippen MR) is 97.3 cm³/mol. The van der Waals surface area contributed by atoms with Crippen molar-refractivity contribution in [1.82, 2.24) is 10.3 Å². The molecule has 3 heterocycles. The summed E-state index contributed by atoms with van der Waals surface area (Å²) in [5.41, 5.74) is 1.27. The quantitative estimate of drug-likeness (QED) is 0.874. The third-order valence-corrected chi connectivity index (χ3v) is 5.98. The lowest BCUT2D eigenvalue weighted by Crippen LogP contribution is -2.39. The molecule has 2 aliphatic rings. The Hall–Kier alpha value is -1.72. The maximum atomic E-state index is 12.3. The molecule has 2 saturated heterocycles. The van der Waals surface area contributed by atoms with Crippen LogP contribution in [0.15, 0.2) is 36.5 Å². The Kier molecular flexibility index (Phi) is 4.63. The van der Waals surface area contributed by atoms with Gasteiger partial charge in [0.25, 0.3) is 0 Å². The van der Waals surface area contributed by atoms with Gasteiger partial charge in [-0.2, -0.15) is 0 Å². The van der Waals surface area contributed by atoms with E-state index in [0.717, 1.165) is 24.4 Å². The van der Waals surface area contributed by atoms with Gasteiger partial charge in [0.2, 0.25) is 5.91 Å². The third kappa shape index (κ3) is 3.84. The second kappa shape index (κ2) is 7.03. The third-order valence-electron chi connectivity index (χ3n) is 5.07. The minimum atomic E-state index is 0.113. The number of thiazole rings is 1. The highest BCUT2D eigenvalue weighted by atomic mass is 32.1. The van der Waals surface area contributed by atoms with Crippen LogP contribution in [0.4, 0.5) is 5.13 Å². The summed E-state index contributed by atoms with van der Waals surface area (Å²) in [5, 5.41) is 7.35. The molecule has 2 bridgehead atoms. The van der Waals surface area contributed by atoms with Gasteiger partial charge in [-0.25, -0.2) is 4.98 Å². The Labute approximate surface area is 146 Å². The van der Waals surface area contributed by atoms with Crippen molar-refractivity contribution in [3.63, 3.8) is 0 Å². The summed E-state index contributed by atoms with van der Waals surface area (Å²) < 4.78 is 0.